The third kappa shape index (κ3) is 4.43. The van der Waals surface area contributed by atoms with Gasteiger partial charge >= 0.3 is 5.97 Å². The highest BCUT2D eigenvalue weighted by Gasteiger charge is 2.12. The van der Waals surface area contributed by atoms with Gasteiger partial charge in [-0.15, -0.1) is 0 Å². The van der Waals surface area contributed by atoms with E-state index in [-0.39, 0.29) is 11.7 Å². The van der Waals surface area contributed by atoms with Crippen molar-refractivity contribution in [1.82, 2.24) is 10.3 Å². The van der Waals surface area contributed by atoms with Gasteiger partial charge in [0.2, 0.25) is 0 Å². The van der Waals surface area contributed by atoms with Gasteiger partial charge in [0.1, 0.15) is 5.69 Å². The molecule has 3 aromatic rings. The van der Waals surface area contributed by atoms with Crippen LogP contribution in [0.2, 0.25) is 5.02 Å². The summed E-state index contributed by atoms with van der Waals surface area (Å²) >= 11 is 5.96. The molecule has 0 bridgehead atoms. The Labute approximate surface area is 156 Å². The second kappa shape index (κ2) is 7.91. The molecule has 0 spiro atoms. The van der Waals surface area contributed by atoms with E-state index in [1.807, 2.05) is 30.3 Å². The van der Waals surface area contributed by atoms with E-state index in [2.05, 4.69) is 17.2 Å². The zero-order valence-electron chi connectivity index (χ0n) is 14.4. The number of halogens is 1. The Morgan fingerprint density at radius 2 is 2.04 bits per heavy atom. The van der Waals surface area contributed by atoms with Crippen LogP contribution in [0, 0.1) is 0 Å². The highest BCUT2D eigenvalue weighted by atomic mass is 35.5. The number of carbonyl (C=O) groups is 1. The zero-order chi connectivity index (χ0) is 18.7. The van der Waals surface area contributed by atoms with Crippen LogP contribution < -0.4 is 5.32 Å². The smallest absolute Gasteiger partial charge is 0.352 e. The molecular weight excluding hydrogens is 352 g/mol. The number of benzene rings is 2. The summed E-state index contributed by atoms with van der Waals surface area (Å²) in [7, 11) is 0. The van der Waals surface area contributed by atoms with E-state index in [4.69, 9.17) is 16.7 Å². The van der Waals surface area contributed by atoms with E-state index in [0.29, 0.717) is 11.6 Å². The van der Waals surface area contributed by atoms with Crippen LogP contribution in [0.4, 0.5) is 0 Å². The molecule has 3 rings (SSSR count). The van der Waals surface area contributed by atoms with Crippen LogP contribution in [0.5, 0.6) is 0 Å². The number of nitrogens with one attached hydrogen (secondary N) is 2. The minimum atomic E-state index is -0.965. The Balaban J connectivity index is 1.59. The molecule has 0 fully saturated rings. The van der Waals surface area contributed by atoms with Gasteiger partial charge in [-0.2, -0.15) is 0 Å². The normalized spacial score (nSPS) is 13.7. The second-order valence-corrected chi connectivity index (χ2v) is 6.93. The van der Waals surface area contributed by atoms with E-state index in [1.165, 1.54) is 0 Å². The van der Waals surface area contributed by atoms with Crippen LogP contribution in [0.25, 0.3) is 10.9 Å². The molecule has 0 saturated heterocycles. The van der Waals surface area contributed by atoms with Crippen LogP contribution in [-0.4, -0.2) is 33.8 Å². The molecule has 0 unspecified atom stereocenters. The van der Waals surface area contributed by atoms with Crippen LogP contribution >= 0.6 is 11.6 Å². The van der Waals surface area contributed by atoms with Crippen LogP contribution in [0.3, 0.4) is 0 Å². The van der Waals surface area contributed by atoms with Crippen LogP contribution in [-0.2, 0) is 6.42 Å². The molecule has 4 N–H and O–H groups in total. The van der Waals surface area contributed by atoms with Gasteiger partial charge in [0.05, 0.1) is 6.10 Å². The van der Waals surface area contributed by atoms with E-state index in [1.54, 1.807) is 18.2 Å². The Kier molecular flexibility index (Phi) is 5.61. The van der Waals surface area contributed by atoms with E-state index in [9.17, 15) is 9.90 Å². The monoisotopic (exact) mass is 372 g/mol. The summed E-state index contributed by atoms with van der Waals surface area (Å²) in [5, 5.41) is 24.1. The summed E-state index contributed by atoms with van der Waals surface area (Å²) in [4.78, 5) is 13.9. The number of aliphatic hydroxyl groups is 1. The molecule has 26 heavy (non-hydrogen) atoms. The first kappa shape index (κ1) is 18.5. The summed E-state index contributed by atoms with van der Waals surface area (Å²) in [6, 6.07) is 14.9. The fraction of sp³-hybridized carbons (Fsp3) is 0.250. The fourth-order valence-electron chi connectivity index (χ4n) is 2.99. The highest BCUT2D eigenvalue weighted by molar-refractivity contribution is 6.30. The molecular formula is C20H21ClN2O3. The molecule has 6 heteroatoms. The molecule has 0 aliphatic heterocycles. The first-order valence-corrected chi connectivity index (χ1v) is 8.82. The van der Waals surface area contributed by atoms with Crippen LogP contribution in [0.1, 0.15) is 34.6 Å². The predicted molar refractivity (Wildman–Crippen MR) is 103 cm³/mol. The Hall–Kier alpha value is -2.34. The van der Waals surface area contributed by atoms with Gasteiger partial charge in [-0.05, 0) is 54.8 Å². The van der Waals surface area contributed by atoms with E-state index < -0.39 is 12.1 Å². The molecule has 0 saturated carbocycles. The van der Waals surface area contributed by atoms with Gasteiger partial charge in [0.25, 0.3) is 0 Å². The van der Waals surface area contributed by atoms with Gasteiger partial charge < -0.3 is 20.5 Å². The van der Waals surface area contributed by atoms with Crippen molar-refractivity contribution in [2.45, 2.75) is 25.5 Å². The molecule has 0 aliphatic rings. The van der Waals surface area contributed by atoms with Crippen molar-refractivity contribution in [2.24, 2.45) is 0 Å². The van der Waals surface area contributed by atoms with Crippen molar-refractivity contribution in [3.8, 4) is 0 Å². The van der Waals surface area contributed by atoms with Gasteiger partial charge in [-0.1, -0.05) is 29.8 Å². The number of carboxylic acids is 1. The highest BCUT2D eigenvalue weighted by Crippen LogP contribution is 2.19. The Morgan fingerprint density at radius 1 is 1.23 bits per heavy atom. The first-order valence-electron chi connectivity index (χ1n) is 8.44. The summed E-state index contributed by atoms with van der Waals surface area (Å²) < 4.78 is 0. The number of carboxylic acid groups (broad SMARTS) is 1. The molecule has 0 radical (unpaired) electrons. The minimum Gasteiger partial charge on any atom is -0.477 e. The molecule has 0 aliphatic carbocycles. The summed E-state index contributed by atoms with van der Waals surface area (Å²) in [6.07, 6.45) is 0.146. The lowest BCUT2D eigenvalue weighted by atomic mass is 10.0. The third-order valence-corrected chi connectivity index (χ3v) is 4.59. The molecule has 1 aromatic heterocycles. The SMILES string of the molecule is C[C@H](Cc1ccc2[nH]c(C(=O)O)cc2c1)NC[C@H](O)c1cccc(Cl)c1. The fourth-order valence-corrected chi connectivity index (χ4v) is 3.19. The maximum atomic E-state index is 11.0. The predicted octanol–water partition coefficient (Wildman–Crippen LogP) is 3.77. The van der Waals surface area contributed by atoms with Gasteiger partial charge in [0.15, 0.2) is 0 Å². The number of fused-ring (bicyclic) bond motifs is 1. The van der Waals surface area contributed by atoms with Crippen molar-refractivity contribution in [2.75, 3.05) is 6.54 Å². The molecule has 5 nitrogen and oxygen atoms in total. The molecule has 1 heterocycles. The molecule has 2 aromatic carbocycles. The number of H-pyrrole nitrogens is 1. The summed E-state index contributed by atoms with van der Waals surface area (Å²) in [5.41, 5.74) is 2.88. The number of hydrogen-bond donors (Lipinski definition) is 4. The Bertz CT molecular complexity index is 922. The quantitative estimate of drug-likeness (QED) is 0.508. The molecule has 0 amide bonds. The van der Waals surface area contributed by atoms with Crippen molar-refractivity contribution < 1.29 is 15.0 Å². The Morgan fingerprint density at radius 3 is 2.77 bits per heavy atom. The number of aliphatic hydroxyl groups excluding tert-OH is 1. The van der Waals surface area contributed by atoms with Crippen molar-refractivity contribution >= 4 is 28.5 Å². The van der Waals surface area contributed by atoms with Gasteiger partial charge in [0, 0.05) is 28.5 Å². The topological polar surface area (TPSA) is 85.4 Å². The third-order valence-electron chi connectivity index (χ3n) is 4.35. The second-order valence-electron chi connectivity index (χ2n) is 6.49. The van der Waals surface area contributed by atoms with Gasteiger partial charge in [-0.25, -0.2) is 4.79 Å². The summed E-state index contributed by atoms with van der Waals surface area (Å²) in [6.45, 7) is 2.48. The van der Waals surface area contributed by atoms with Crippen molar-refractivity contribution in [3.05, 3.63) is 70.4 Å². The van der Waals surface area contributed by atoms with Crippen molar-refractivity contribution in [1.29, 1.82) is 0 Å². The maximum absolute atomic E-state index is 11.0. The first-order chi connectivity index (χ1) is 12.4. The average molecular weight is 373 g/mol. The lowest BCUT2D eigenvalue weighted by Crippen LogP contribution is -2.32. The number of aromatic amines is 1. The number of aromatic nitrogens is 1. The molecule has 2 atom stereocenters. The largest absolute Gasteiger partial charge is 0.477 e. The summed E-state index contributed by atoms with van der Waals surface area (Å²) in [5.74, 6) is -0.965. The van der Waals surface area contributed by atoms with Crippen LogP contribution in [0.15, 0.2) is 48.5 Å². The zero-order valence-corrected chi connectivity index (χ0v) is 15.1. The minimum absolute atomic E-state index is 0.152. The van der Waals surface area contributed by atoms with Gasteiger partial charge in [-0.3, -0.25) is 0 Å². The number of aromatic carboxylic acids is 1. The number of hydrogen-bond acceptors (Lipinski definition) is 3. The average Bonchev–Trinajstić information content (AvgIpc) is 3.03. The lowest BCUT2D eigenvalue weighted by Gasteiger charge is -2.18. The maximum Gasteiger partial charge on any atom is 0.352 e. The van der Waals surface area contributed by atoms with E-state index >= 15 is 0 Å². The van der Waals surface area contributed by atoms with Crippen molar-refractivity contribution in [3.63, 3.8) is 0 Å². The van der Waals surface area contributed by atoms with E-state index in [0.717, 1.165) is 28.5 Å². The standard InChI is InChI=1S/C20H21ClN2O3/c1-12(22-11-19(24)14-3-2-4-16(21)9-14)7-13-5-6-17-15(8-13)10-18(23-17)20(25)26/h2-6,8-10,12,19,22-24H,7,11H2,1H3,(H,25,26)/t12-,19+/m1/s1. The lowest BCUT2D eigenvalue weighted by molar-refractivity contribution is 0.0691. The molecule has 136 valence electrons. The number of rotatable bonds is 7.